The van der Waals surface area contributed by atoms with Gasteiger partial charge in [0.2, 0.25) is 0 Å². The lowest BCUT2D eigenvalue weighted by atomic mass is 10.2. The van der Waals surface area contributed by atoms with Crippen LogP contribution in [-0.4, -0.2) is 87.4 Å². The van der Waals surface area contributed by atoms with E-state index in [-0.39, 0.29) is 24.0 Å². The lowest BCUT2D eigenvalue weighted by molar-refractivity contribution is 0.0322. The van der Waals surface area contributed by atoms with E-state index in [0.29, 0.717) is 19.2 Å². The summed E-state index contributed by atoms with van der Waals surface area (Å²) in [4.78, 5) is 9.70. The summed E-state index contributed by atoms with van der Waals surface area (Å²) in [5.74, 6) is 1.79. The van der Waals surface area contributed by atoms with Gasteiger partial charge in [-0.15, -0.1) is 24.0 Å². The lowest BCUT2D eigenvalue weighted by Gasteiger charge is -2.26. The SMILES string of the molecule is CCNC(=NCc1ccccc1OCCN1CCOCC1)NC(C)CCCN(CC)CC.I. The smallest absolute Gasteiger partial charge is 0.191 e. The normalized spacial score (nSPS) is 15.7. The Morgan fingerprint density at radius 2 is 1.91 bits per heavy atom. The Morgan fingerprint density at radius 3 is 2.61 bits per heavy atom. The molecule has 7 nitrogen and oxygen atoms in total. The maximum Gasteiger partial charge on any atom is 0.191 e. The Labute approximate surface area is 218 Å². The topological polar surface area (TPSA) is 61.4 Å². The third-order valence-electron chi connectivity index (χ3n) is 5.88. The molecule has 0 aromatic heterocycles. The van der Waals surface area contributed by atoms with Crippen LogP contribution in [0, 0.1) is 0 Å². The summed E-state index contributed by atoms with van der Waals surface area (Å²) in [7, 11) is 0. The predicted octanol–water partition coefficient (Wildman–Crippen LogP) is 3.58. The van der Waals surface area contributed by atoms with Gasteiger partial charge in [-0.25, -0.2) is 4.99 Å². The number of para-hydroxylation sites is 1. The van der Waals surface area contributed by atoms with Crippen molar-refractivity contribution in [1.82, 2.24) is 20.4 Å². The van der Waals surface area contributed by atoms with E-state index in [0.717, 1.165) is 82.7 Å². The first-order valence-corrected chi connectivity index (χ1v) is 12.4. The molecule has 1 aliphatic heterocycles. The quantitative estimate of drug-likeness (QED) is 0.201. The summed E-state index contributed by atoms with van der Waals surface area (Å²) in [6.07, 6.45) is 2.32. The molecule has 1 aromatic carbocycles. The van der Waals surface area contributed by atoms with Crippen molar-refractivity contribution in [3.63, 3.8) is 0 Å². The van der Waals surface area contributed by atoms with Gasteiger partial charge in [-0.1, -0.05) is 32.0 Å². The molecule has 33 heavy (non-hydrogen) atoms. The van der Waals surface area contributed by atoms with Crippen molar-refractivity contribution in [1.29, 1.82) is 0 Å². The van der Waals surface area contributed by atoms with Crippen molar-refractivity contribution < 1.29 is 9.47 Å². The van der Waals surface area contributed by atoms with Gasteiger partial charge < -0.3 is 25.0 Å². The molecule has 0 bridgehead atoms. The molecule has 8 heteroatoms. The highest BCUT2D eigenvalue weighted by atomic mass is 127. The molecule has 1 unspecified atom stereocenters. The fraction of sp³-hybridized carbons (Fsp3) is 0.720. The Morgan fingerprint density at radius 1 is 1.18 bits per heavy atom. The molecule has 190 valence electrons. The largest absolute Gasteiger partial charge is 0.492 e. The highest BCUT2D eigenvalue weighted by Gasteiger charge is 2.11. The second-order valence-electron chi connectivity index (χ2n) is 8.32. The Hall–Kier alpha value is -1.10. The van der Waals surface area contributed by atoms with Crippen molar-refractivity contribution in [2.75, 3.05) is 65.6 Å². The van der Waals surface area contributed by atoms with Gasteiger partial charge in [-0.05, 0) is 52.4 Å². The van der Waals surface area contributed by atoms with Crippen LogP contribution in [0.1, 0.15) is 46.1 Å². The van der Waals surface area contributed by atoms with Gasteiger partial charge in [0.1, 0.15) is 12.4 Å². The number of benzene rings is 1. The van der Waals surface area contributed by atoms with Crippen LogP contribution < -0.4 is 15.4 Å². The Bertz CT molecular complexity index is 651. The van der Waals surface area contributed by atoms with Crippen molar-refractivity contribution in [2.24, 2.45) is 4.99 Å². The first-order chi connectivity index (χ1) is 15.7. The van der Waals surface area contributed by atoms with Crippen LogP contribution >= 0.6 is 24.0 Å². The average molecular weight is 576 g/mol. The van der Waals surface area contributed by atoms with E-state index in [1.54, 1.807) is 0 Å². The number of hydrogen-bond acceptors (Lipinski definition) is 5. The zero-order valence-electron chi connectivity index (χ0n) is 21.1. The maximum absolute atomic E-state index is 6.11. The number of morpholine rings is 1. The number of rotatable bonds is 14. The minimum absolute atomic E-state index is 0. The standard InChI is InChI=1S/C25H45N5O2.HI/c1-5-26-25(28-22(4)11-10-14-29(6-2)7-3)27-21-23-12-8-9-13-24(23)32-20-17-30-15-18-31-19-16-30;/h8-9,12-13,22H,5-7,10-11,14-21H2,1-4H3,(H2,26,27,28);1H. The fourth-order valence-corrected chi connectivity index (χ4v) is 3.84. The number of nitrogens with zero attached hydrogens (tertiary/aromatic N) is 3. The molecule has 2 rings (SSSR count). The predicted molar refractivity (Wildman–Crippen MR) is 149 cm³/mol. The van der Waals surface area contributed by atoms with Crippen LogP contribution in [0.5, 0.6) is 5.75 Å². The molecule has 0 aliphatic carbocycles. The average Bonchev–Trinajstić information content (AvgIpc) is 2.82. The number of halogens is 1. The molecule has 0 radical (unpaired) electrons. The van der Waals surface area contributed by atoms with E-state index in [9.17, 15) is 0 Å². The molecule has 1 atom stereocenters. The zero-order valence-corrected chi connectivity index (χ0v) is 23.5. The molecule has 2 N–H and O–H groups in total. The second kappa shape index (κ2) is 18.3. The molecule has 0 amide bonds. The molecule has 1 heterocycles. The third-order valence-corrected chi connectivity index (χ3v) is 5.88. The van der Waals surface area contributed by atoms with E-state index in [1.807, 2.05) is 12.1 Å². The van der Waals surface area contributed by atoms with Crippen molar-refractivity contribution in [3.8, 4) is 5.75 Å². The van der Waals surface area contributed by atoms with Gasteiger partial charge in [0, 0.05) is 37.8 Å². The molecule has 0 saturated carbocycles. The number of aliphatic imine (C=N–C) groups is 1. The van der Waals surface area contributed by atoms with Crippen LogP contribution in [0.2, 0.25) is 0 Å². The van der Waals surface area contributed by atoms with Crippen LogP contribution in [0.4, 0.5) is 0 Å². The van der Waals surface area contributed by atoms with Gasteiger partial charge in [-0.3, -0.25) is 4.90 Å². The molecule has 1 aliphatic rings. The third kappa shape index (κ3) is 12.2. The number of guanidine groups is 1. The van der Waals surface area contributed by atoms with Crippen LogP contribution in [-0.2, 0) is 11.3 Å². The van der Waals surface area contributed by atoms with Crippen molar-refractivity contribution >= 4 is 29.9 Å². The fourth-order valence-electron chi connectivity index (χ4n) is 3.84. The summed E-state index contributed by atoms with van der Waals surface area (Å²) < 4.78 is 11.5. The highest BCUT2D eigenvalue weighted by molar-refractivity contribution is 14.0. The van der Waals surface area contributed by atoms with Crippen LogP contribution in [0.25, 0.3) is 0 Å². The first kappa shape index (κ1) is 29.9. The minimum atomic E-state index is 0. The number of nitrogens with one attached hydrogen (secondary N) is 2. The van der Waals surface area contributed by atoms with E-state index in [2.05, 4.69) is 60.3 Å². The Kier molecular flexibility index (Phi) is 16.6. The molecule has 1 saturated heterocycles. The summed E-state index contributed by atoms with van der Waals surface area (Å²) in [5.41, 5.74) is 1.11. The zero-order chi connectivity index (χ0) is 23.0. The molecular weight excluding hydrogens is 529 g/mol. The van der Waals surface area contributed by atoms with E-state index < -0.39 is 0 Å². The molecular formula is C25H46IN5O2. The lowest BCUT2D eigenvalue weighted by Crippen LogP contribution is -2.42. The number of hydrogen-bond donors (Lipinski definition) is 2. The van der Waals surface area contributed by atoms with Crippen molar-refractivity contribution in [2.45, 2.75) is 53.1 Å². The second-order valence-corrected chi connectivity index (χ2v) is 8.32. The summed E-state index contributed by atoms with van der Waals surface area (Å²) in [5, 5.41) is 6.94. The molecule has 1 aromatic rings. The van der Waals surface area contributed by atoms with Crippen molar-refractivity contribution in [3.05, 3.63) is 29.8 Å². The van der Waals surface area contributed by atoms with Gasteiger partial charge in [0.15, 0.2) is 5.96 Å². The van der Waals surface area contributed by atoms with E-state index >= 15 is 0 Å². The first-order valence-electron chi connectivity index (χ1n) is 12.4. The van der Waals surface area contributed by atoms with Gasteiger partial charge in [-0.2, -0.15) is 0 Å². The van der Waals surface area contributed by atoms with Crippen LogP contribution in [0.3, 0.4) is 0 Å². The molecule has 0 spiro atoms. The number of ether oxygens (including phenoxy) is 2. The highest BCUT2D eigenvalue weighted by Crippen LogP contribution is 2.19. The minimum Gasteiger partial charge on any atom is -0.492 e. The van der Waals surface area contributed by atoms with Gasteiger partial charge in [0.05, 0.1) is 19.8 Å². The van der Waals surface area contributed by atoms with Crippen LogP contribution in [0.15, 0.2) is 29.3 Å². The molecule has 1 fully saturated rings. The summed E-state index contributed by atoms with van der Waals surface area (Å²) >= 11 is 0. The monoisotopic (exact) mass is 575 g/mol. The van der Waals surface area contributed by atoms with E-state index in [4.69, 9.17) is 14.5 Å². The van der Waals surface area contributed by atoms with Gasteiger partial charge >= 0.3 is 0 Å². The summed E-state index contributed by atoms with van der Waals surface area (Å²) in [6, 6.07) is 8.60. The van der Waals surface area contributed by atoms with E-state index in [1.165, 1.54) is 6.42 Å². The maximum atomic E-state index is 6.11. The Balaban J connectivity index is 0.00000544. The summed E-state index contributed by atoms with van der Waals surface area (Å²) in [6.45, 7) is 18.8. The van der Waals surface area contributed by atoms with Gasteiger partial charge in [0.25, 0.3) is 0 Å².